The molecule has 2 N–H and O–H groups in total. The van der Waals surface area contributed by atoms with Crippen molar-refractivity contribution in [1.82, 2.24) is 20.4 Å². The minimum Gasteiger partial charge on any atom is -0.315 e. The molecular formula is C21H24N4O4. The predicted molar refractivity (Wildman–Crippen MR) is 103 cm³/mol. The van der Waals surface area contributed by atoms with E-state index in [1.165, 1.54) is 0 Å². The third-order valence-electron chi connectivity index (χ3n) is 6.88. The molecule has 0 aromatic heterocycles. The minimum atomic E-state index is -0.925. The summed E-state index contributed by atoms with van der Waals surface area (Å²) >= 11 is 0. The van der Waals surface area contributed by atoms with Gasteiger partial charge in [0.25, 0.3) is 11.8 Å². The van der Waals surface area contributed by atoms with Crippen LogP contribution in [0.4, 0.5) is 0 Å². The van der Waals surface area contributed by atoms with Gasteiger partial charge in [0.2, 0.25) is 11.8 Å². The van der Waals surface area contributed by atoms with E-state index < -0.39 is 23.8 Å². The average Bonchev–Trinajstić information content (AvgIpc) is 2.97. The monoisotopic (exact) mass is 396 g/mol. The van der Waals surface area contributed by atoms with Crippen LogP contribution in [0, 0.1) is 0 Å². The van der Waals surface area contributed by atoms with Crippen LogP contribution < -0.4 is 10.6 Å². The van der Waals surface area contributed by atoms with Crippen molar-refractivity contribution in [3.8, 4) is 0 Å². The lowest BCUT2D eigenvalue weighted by atomic mass is 9.78. The third-order valence-corrected chi connectivity index (χ3v) is 6.88. The van der Waals surface area contributed by atoms with Crippen molar-refractivity contribution in [2.45, 2.75) is 50.2 Å². The van der Waals surface area contributed by atoms with Crippen LogP contribution in [-0.2, 0) is 16.1 Å². The molecule has 3 saturated heterocycles. The number of nitrogens with zero attached hydrogens (tertiary/aromatic N) is 2. The quantitative estimate of drug-likeness (QED) is 0.719. The molecule has 5 rings (SSSR count). The first-order valence-electron chi connectivity index (χ1n) is 10.3. The van der Waals surface area contributed by atoms with Gasteiger partial charge < -0.3 is 5.32 Å². The lowest BCUT2D eigenvalue weighted by Crippen LogP contribution is -2.65. The van der Waals surface area contributed by atoms with Gasteiger partial charge in [-0.1, -0.05) is 12.1 Å². The lowest BCUT2D eigenvalue weighted by molar-refractivity contribution is -0.136. The van der Waals surface area contributed by atoms with Crippen molar-refractivity contribution in [2.75, 3.05) is 19.6 Å². The van der Waals surface area contributed by atoms with Crippen molar-refractivity contribution in [1.29, 1.82) is 0 Å². The zero-order valence-electron chi connectivity index (χ0n) is 16.2. The summed E-state index contributed by atoms with van der Waals surface area (Å²) in [4.78, 5) is 53.3. The van der Waals surface area contributed by atoms with Crippen LogP contribution in [-0.4, -0.2) is 64.6 Å². The molecule has 4 aliphatic rings. The first kappa shape index (κ1) is 18.4. The maximum atomic E-state index is 13.2. The molecule has 4 aliphatic heterocycles. The Hall–Kier alpha value is -2.58. The molecule has 0 radical (unpaired) electrons. The van der Waals surface area contributed by atoms with Crippen LogP contribution in [0.3, 0.4) is 0 Å². The molecule has 29 heavy (non-hydrogen) atoms. The molecule has 1 spiro atoms. The van der Waals surface area contributed by atoms with E-state index in [4.69, 9.17) is 0 Å². The normalized spacial score (nSPS) is 29.8. The first-order valence-corrected chi connectivity index (χ1v) is 10.3. The summed E-state index contributed by atoms with van der Waals surface area (Å²) in [7, 11) is 0. The van der Waals surface area contributed by atoms with Gasteiger partial charge in [0.15, 0.2) is 0 Å². The number of likely N-dealkylation sites (tertiary alicyclic amines) is 1. The molecule has 8 heteroatoms. The molecule has 1 aromatic carbocycles. The van der Waals surface area contributed by atoms with E-state index in [0.717, 1.165) is 49.4 Å². The van der Waals surface area contributed by atoms with Gasteiger partial charge in [-0.2, -0.15) is 0 Å². The van der Waals surface area contributed by atoms with Crippen molar-refractivity contribution >= 4 is 23.6 Å². The SMILES string of the molecule is O=C1CCC(N2C(=O)c3cccc(CN4CCC45CCCNC5)c3C2=O)C(=O)N1. The van der Waals surface area contributed by atoms with Gasteiger partial charge in [0, 0.05) is 31.6 Å². The number of carbonyl (C=O) groups is 4. The Bertz CT molecular complexity index is 921. The second-order valence-electron chi connectivity index (χ2n) is 8.46. The number of benzene rings is 1. The van der Waals surface area contributed by atoms with E-state index in [9.17, 15) is 19.2 Å². The molecule has 0 aliphatic carbocycles. The smallest absolute Gasteiger partial charge is 0.262 e. The van der Waals surface area contributed by atoms with E-state index in [1.54, 1.807) is 12.1 Å². The van der Waals surface area contributed by atoms with Gasteiger partial charge in [-0.25, -0.2) is 0 Å². The molecule has 1 aromatic rings. The van der Waals surface area contributed by atoms with E-state index in [0.29, 0.717) is 17.7 Å². The number of rotatable bonds is 3. The number of piperidine rings is 2. The molecule has 0 saturated carbocycles. The number of amides is 4. The highest BCUT2D eigenvalue weighted by Gasteiger charge is 2.48. The molecule has 8 nitrogen and oxygen atoms in total. The Labute approximate surface area is 168 Å². The lowest BCUT2D eigenvalue weighted by Gasteiger charge is -2.55. The Morgan fingerprint density at radius 2 is 1.97 bits per heavy atom. The zero-order chi connectivity index (χ0) is 20.2. The average molecular weight is 396 g/mol. The maximum Gasteiger partial charge on any atom is 0.262 e. The van der Waals surface area contributed by atoms with Gasteiger partial charge in [-0.05, 0) is 43.9 Å². The number of hydrogen-bond donors (Lipinski definition) is 2. The fourth-order valence-corrected chi connectivity index (χ4v) is 5.19. The fourth-order valence-electron chi connectivity index (χ4n) is 5.19. The highest BCUT2D eigenvalue weighted by molar-refractivity contribution is 6.24. The Morgan fingerprint density at radius 1 is 1.10 bits per heavy atom. The summed E-state index contributed by atoms with van der Waals surface area (Å²) in [5, 5.41) is 5.72. The molecule has 4 amide bonds. The number of nitrogens with one attached hydrogen (secondary N) is 2. The van der Waals surface area contributed by atoms with Crippen molar-refractivity contribution < 1.29 is 19.2 Å². The molecule has 0 bridgehead atoms. The van der Waals surface area contributed by atoms with Crippen molar-refractivity contribution in [2.24, 2.45) is 0 Å². The number of carbonyl (C=O) groups excluding carboxylic acids is 4. The van der Waals surface area contributed by atoms with Crippen molar-refractivity contribution in [3.63, 3.8) is 0 Å². The Morgan fingerprint density at radius 3 is 2.66 bits per heavy atom. The summed E-state index contributed by atoms with van der Waals surface area (Å²) in [6, 6.07) is 4.43. The first-order chi connectivity index (χ1) is 14.0. The highest BCUT2D eigenvalue weighted by Crippen LogP contribution is 2.39. The summed E-state index contributed by atoms with van der Waals surface area (Å²) < 4.78 is 0. The van der Waals surface area contributed by atoms with Crippen LogP contribution >= 0.6 is 0 Å². The molecular weight excluding hydrogens is 372 g/mol. The van der Waals surface area contributed by atoms with Gasteiger partial charge in [-0.15, -0.1) is 0 Å². The maximum absolute atomic E-state index is 13.2. The summed E-state index contributed by atoms with van der Waals surface area (Å²) in [5.74, 6) is -1.81. The Balaban J connectivity index is 1.42. The van der Waals surface area contributed by atoms with Crippen LogP contribution in [0.2, 0.25) is 0 Å². The summed E-state index contributed by atoms with van der Waals surface area (Å²) in [6.45, 7) is 3.60. The number of fused-ring (bicyclic) bond motifs is 1. The van der Waals surface area contributed by atoms with E-state index in [-0.39, 0.29) is 24.3 Å². The van der Waals surface area contributed by atoms with Crippen molar-refractivity contribution in [3.05, 3.63) is 34.9 Å². The largest absolute Gasteiger partial charge is 0.315 e. The molecule has 152 valence electrons. The zero-order valence-corrected chi connectivity index (χ0v) is 16.2. The third kappa shape index (κ3) is 2.81. The van der Waals surface area contributed by atoms with Gasteiger partial charge in [0.05, 0.1) is 11.1 Å². The predicted octanol–water partition coefficient (Wildman–Crippen LogP) is 0.416. The summed E-state index contributed by atoms with van der Waals surface area (Å²) in [6.07, 6.45) is 3.73. The van der Waals surface area contributed by atoms with E-state index >= 15 is 0 Å². The van der Waals surface area contributed by atoms with Gasteiger partial charge in [-0.3, -0.25) is 34.3 Å². The van der Waals surface area contributed by atoms with E-state index in [1.807, 2.05) is 6.07 Å². The fraction of sp³-hybridized carbons (Fsp3) is 0.524. The molecule has 2 unspecified atom stereocenters. The van der Waals surface area contributed by atoms with Crippen LogP contribution in [0.25, 0.3) is 0 Å². The molecule has 2 atom stereocenters. The Kier molecular flexibility index (Phi) is 4.29. The van der Waals surface area contributed by atoms with Crippen LogP contribution in [0.15, 0.2) is 18.2 Å². The van der Waals surface area contributed by atoms with E-state index in [2.05, 4.69) is 15.5 Å². The van der Waals surface area contributed by atoms with Gasteiger partial charge in [0.1, 0.15) is 6.04 Å². The second kappa shape index (κ2) is 6.74. The van der Waals surface area contributed by atoms with Crippen LogP contribution in [0.1, 0.15) is 58.4 Å². The molecule has 4 heterocycles. The van der Waals surface area contributed by atoms with Crippen LogP contribution in [0.5, 0.6) is 0 Å². The minimum absolute atomic E-state index is 0.125. The molecule has 3 fully saturated rings. The second-order valence-corrected chi connectivity index (χ2v) is 8.46. The highest BCUT2D eigenvalue weighted by atomic mass is 16.2. The topological polar surface area (TPSA) is 98.8 Å². The summed E-state index contributed by atoms with van der Waals surface area (Å²) in [5.41, 5.74) is 1.75. The van der Waals surface area contributed by atoms with Gasteiger partial charge >= 0.3 is 0 Å². The standard InChI is InChI=1S/C21H24N4O4/c26-16-6-5-15(18(27)23-16)25-19(28)14-4-1-3-13(17(14)20(25)29)11-24-10-8-21(24)7-2-9-22-12-21/h1,3-4,15,22H,2,5-12H2,(H,23,26,27). The number of imide groups is 2. The number of hydrogen-bond acceptors (Lipinski definition) is 6.